The summed E-state index contributed by atoms with van der Waals surface area (Å²) in [4.78, 5) is 0. The van der Waals surface area contributed by atoms with Gasteiger partial charge in [0.05, 0.1) is 0 Å². The summed E-state index contributed by atoms with van der Waals surface area (Å²) in [7, 11) is 0. The van der Waals surface area contributed by atoms with E-state index in [9.17, 15) is 0 Å². The lowest BCUT2D eigenvalue weighted by Crippen LogP contribution is -1.90. The van der Waals surface area contributed by atoms with Gasteiger partial charge in [-0.2, -0.15) is 0 Å². The van der Waals surface area contributed by atoms with Gasteiger partial charge in [0.1, 0.15) is 0 Å². The average molecular weight is 214 g/mol. The van der Waals surface area contributed by atoms with Crippen molar-refractivity contribution in [2.45, 2.75) is 39.5 Å². The van der Waals surface area contributed by atoms with Crippen molar-refractivity contribution >= 4 is 5.57 Å². The van der Waals surface area contributed by atoms with Crippen LogP contribution in [0, 0.1) is 0 Å². The number of hydrogen-bond acceptors (Lipinski definition) is 0. The molecule has 0 saturated heterocycles. The first kappa shape index (κ1) is 12.8. The summed E-state index contributed by atoms with van der Waals surface area (Å²) in [5, 5.41) is 0. The van der Waals surface area contributed by atoms with Gasteiger partial charge in [-0.3, -0.25) is 0 Å². The van der Waals surface area contributed by atoms with Crippen LogP contribution in [0.1, 0.15) is 45.1 Å². The van der Waals surface area contributed by atoms with Gasteiger partial charge < -0.3 is 0 Å². The molecule has 0 atom stereocenters. The van der Waals surface area contributed by atoms with Gasteiger partial charge in [-0.25, -0.2) is 0 Å². The Morgan fingerprint density at radius 2 is 1.69 bits per heavy atom. The maximum absolute atomic E-state index is 3.95. The van der Waals surface area contributed by atoms with Crippen LogP contribution in [-0.2, 0) is 0 Å². The Kier molecular flexibility index (Phi) is 5.63. The first-order valence-corrected chi connectivity index (χ1v) is 6.23. The van der Waals surface area contributed by atoms with E-state index in [1.165, 1.54) is 29.6 Å². The molecule has 0 fully saturated rings. The number of rotatable bonds is 6. The number of benzene rings is 1. The molecule has 0 N–H and O–H groups in total. The molecule has 1 rings (SSSR count). The SMILES string of the molecule is C=C/C(CCC)=C(\CCC)c1ccccc1. The van der Waals surface area contributed by atoms with Crippen LogP contribution >= 0.6 is 0 Å². The summed E-state index contributed by atoms with van der Waals surface area (Å²) in [5.74, 6) is 0. The van der Waals surface area contributed by atoms with Crippen molar-refractivity contribution in [2.75, 3.05) is 0 Å². The van der Waals surface area contributed by atoms with Gasteiger partial charge in [0.25, 0.3) is 0 Å². The third kappa shape index (κ3) is 3.37. The molecule has 0 saturated carbocycles. The van der Waals surface area contributed by atoms with E-state index in [4.69, 9.17) is 0 Å². The Bertz CT molecular complexity index is 344. The predicted octanol–water partition coefficient (Wildman–Crippen LogP) is 5.23. The van der Waals surface area contributed by atoms with E-state index in [1.807, 2.05) is 6.08 Å². The third-order valence-corrected chi connectivity index (χ3v) is 2.78. The van der Waals surface area contributed by atoms with E-state index in [0.29, 0.717) is 0 Å². The van der Waals surface area contributed by atoms with Gasteiger partial charge in [0.15, 0.2) is 0 Å². The van der Waals surface area contributed by atoms with Crippen LogP contribution in [-0.4, -0.2) is 0 Å². The molecule has 1 aromatic rings. The molecule has 16 heavy (non-hydrogen) atoms. The van der Waals surface area contributed by atoms with Crippen LogP contribution < -0.4 is 0 Å². The van der Waals surface area contributed by atoms with Crippen molar-refractivity contribution in [1.29, 1.82) is 0 Å². The van der Waals surface area contributed by atoms with Crippen LogP contribution in [0.5, 0.6) is 0 Å². The molecule has 0 nitrogen and oxygen atoms in total. The molecule has 0 aliphatic carbocycles. The summed E-state index contributed by atoms with van der Waals surface area (Å²) in [5.41, 5.74) is 4.24. The highest BCUT2D eigenvalue weighted by Gasteiger charge is 2.05. The van der Waals surface area contributed by atoms with Gasteiger partial charge in [0, 0.05) is 0 Å². The standard InChI is InChI=1S/C16H22/c1-4-10-14(6-3)16(11-5-2)15-12-8-7-9-13-15/h6-9,12-13H,3-5,10-11H2,1-2H3/b16-14-. The quantitative estimate of drug-likeness (QED) is 0.569. The van der Waals surface area contributed by atoms with Crippen LogP contribution in [0.3, 0.4) is 0 Å². The summed E-state index contributed by atoms with van der Waals surface area (Å²) >= 11 is 0. The molecule has 0 heteroatoms. The topological polar surface area (TPSA) is 0 Å². The van der Waals surface area contributed by atoms with Gasteiger partial charge in [-0.1, -0.05) is 69.7 Å². The third-order valence-electron chi connectivity index (χ3n) is 2.78. The average Bonchev–Trinajstić information content (AvgIpc) is 2.35. The molecule has 0 radical (unpaired) electrons. The zero-order chi connectivity index (χ0) is 11.8. The van der Waals surface area contributed by atoms with Gasteiger partial charge in [-0.15, -0.1) is 0 Å². The van der Waals surface area contributed by atoms with Gasteiger partial charge in [-0.05, 0) is 29.6 Å². The van der Waals surface area contributed by atoms with Gasteiger partial charge in [0.2, 0.25) is 0 Å². The predicted molar refractivity (Wildman–Crippen MR) is 73.4 cm³/mol. The lowest BCUT2D eigenvalue weighted by molar-refractivity contribution is 0.906. The first-order valence-electron chi connectivity index (χ1n) is 6.23. The summed E-state index contributed by atoms with van der Waals surface area (Å²) in [6.07, 6.45) is 6.67. The van der Waals surface area contributed by atoms with E-state index in [0.717, 1.165) is 12.8 Å². The molecule has 0 bridgehead atoms. The molecular weight excluding hydrogens is 192 g/mol. The monoisotopic (exact) mass is 214 g/mol. The molecule has 0 aliphatic rings. The highest BCUT2D eigenvalue weighted by Crippen LogP contribution is 2.26. The van der Waals surface area contributed by atoms with E-state index >= 15 is 0 Å². The number of hydrogen-bond donors (Lipinski definition) is 0. The molecule has 0 aliphatic heterocycles. The highest BCUT2D eigenvalue weighted by atomic mass is 14.1. The Morgan fingerprint density at radius 3 is 2.19 bits per heavy atom. The van der Waals surface area contributed by atoms with Crippen molar-refractivity contribution in [1.82, 2.24) is 0 Å². The fourth-order valence-corrected chi connectivity index (χ4v) is 2.03. The fourth-order valence-electron chi connectivity index (χ4n) is 2.03. The van der Waals surface area contributed by atoms with Crippen molar-refractivity contribution in [2.24, 2.45) is 0 Å². The molecule has 0 aromatic heterocycles. The van der Waals surface area contributed by atoms with Crippen LogP contribution in [0.4, 0.5) is 0 Å². The summed E-state index contributed by atoms with van der Waals surface area (Å²) in [6, 6.07) is 10.7. The minimum atomic E-state index is 1.13. The molecular formula is C16H22. The van der Waals surface area contributed by atoms with E-state index in [-0.39, 0.29) is 0 Å². The van der Waals surface area contributed by atoms with Crippen molar-refractivity contribution in [3.8, 4) is 0 Å². The second-order valence-corrected chi connectivity index (χ2v) is 4.07. The maximum Gasteiger partial charge on any atom is -0.0222 e. The van der Waals surface area contributed by atoms with Crippen LogP contribution in [0.2, 0.25) is 0 Å². The summed E-state index contributed by atoms with van der Waals surface area (Å²) < 4.78 is 0. The van der Waals surface area contributed by atoms with E-state index in [2.05, 4.69) is 50.8 Å². The van der Waals surface area contributed by atoms with Crippen LogP contribution in [0.15, 0.2) is 48.6 Å². The lowest BCUT2D eigenvalue weighted by Gasteiger charge is -2.12. The molecule has 0 unspecified atom stereocenters. The lowest BCUT2D eigenvalue weighted by atomic mass is 9.93. The highest BCUT2D eigenvalue weighted by molar-refractivity contribution is 5.70. The van der Waals surface area contributed by atoms with Gasteiger partial charge >= 0.3 is 0 Å². The number of allylic oxidation sites excluding steroid dienone is 3. The fraction of sp³-hybridized carbons (Fsp3) is 0.375. The van der Waals surface area contributed by atoms with E-state index in [1.54, 1.807) is 0 Å². The summed E-state index contributed by atoms with van der Waals surface area (Å²) in [6.45, 7) is 8.40. The first-order chi connectivity index (χ1) is 7.83. The molecule has 1 aromatic carbocycles. The Balaban J connectivity index is 3.10. The van der Waals surface area contributed by atoms with Crippen LogP contribution in [0.25, 0.3) is 5.57 Å². The molecule has 0 spiro atoms. The largest absolute Gasteiger partial charge is 0.0988 e. The minimum Gasteiger partial charge on any atom is -0.0988 e. The Hall–Kier alpha value is -1.30. The molecule has 0 amide bonds. The Morgan fingerprint density at radius 1 is 1.06 bits per heavy atom. The zero-order valence-electron chi connectivity index (χ0n) is 10.5. The van der Waals surface area contributed by atoms with Crippen molar-refractivity contribution in [3.63, 3.8) is 0 Å². The zero-order valence-corrected chi connectivity index (χ0v) is 10.5. The molecule has 86 valence electrons. The second-order valence-electron chi connectivity index (χ2n) is 4.07. The second kappa shape index (κ2) is 7.05. The smallest absolute Gasteiger partial charge is 0.0222 e. The minimum absolute atomic E-state index is 1.13. The van der Waals surface area contributed by atoms with Crippen molar-refractivity contribution < 1.29 is 0 Å². The Labute approximate surface area is 99.7 Å². The maximum atomic E-state index is 3.95. The van der Waals surface area contributed by atoms with Crippen molar-refractivity contribution in [3.05, 3.63) is 54.1 Å². The van der Waals surface area contributed by atoms with E-state index < -0.39 is 0 Å². The normalized spacial score (nSPS) is 12.1. The molecule has 0 heterocycles.